The van der Waals surface area contributed by atoms with Crippen molar-refractivity contribution in [2.45, 2.75) is 18.9 Å². The van der Waals surface area contributed by atoms with Crippen molar-refractivity contribution in [2.24, 2.45) is 0 Å². The molecule has 15 heavy (non-hydrogen) atoms. The first-order chi connectivity index (χ1) is 7.02. The summed E-state index contributed by atoms with van der Waals surface area (Å²) in [6, 6.07) is 10.5. The van der Waals surface area contributed by atoms with Gasteiger partial charge in [0.15, 0.2) is 6.73 Å². The topological polar surface area (TPSA) is 9.23 Å². The van der Waals surface area contributed by atoms with E-state index >= 15 is 0 Å². The highest BCUT2D eigenvalue weighted by Crippen LogP contribution is 2.33. The quantitative estimate of drug-likeness (QED) is 0.641. The smallest absolute Gasteiger partial charge is 0.183 e. The van der Waals surface area contributed by atoms with Crippen LogP contribution in [0, 0.1) is 0 Å². The summed E-state index contributed by atoms with van der Waals surface area (Å²) in [4.78, 5) is 0. The maximum Gasteiger partial charge on any atom is 0.183 e. The number of hydrogen-bond donors (Lipinski definition) is 0. The summed E-state index contributed by atoms with van der Waals surface area (Å²) in [5, 5.41) is 0. The minimum absolute atomic E-state index is 0.0883. The summed E-state index contributed by atoms with van der Waals surface area (Å²) in [6.07, 6.45) is 1.09. The molecule has 0 spiro atoms. The number of nitrogens with zero attached hydrogens (tertiary/aromatic N) is 1. The highest BCUT2D eigenvalue weighted by molar-refractivity contribution is 5.21. The minimum Gasteiger partial charge on any atom is -0.320 e. The summed E-state index contributed by atoms with van der Waals surface area (Å²) in [5.74, 6) is 0. The van der Waals surface area contributed by atoms with Crippen molar-refractivity contribution in [1.82, 2.24) is 0 Å². The molecule has 1 fully saturated rings. The molecule has 2 heteroatoms. The molecule has 0 N–H and O–H groups in total. The van der Waals surface area contributed by atoms with Crippen molar-refractivity contribution < 1.29 is 9.22 Å². The van der Waals surface area contributed by atoms with E-state index in [1.807, 2.05) is 0 Å². The average molecular weight is 206 g/mol. The molecular weight excluding hydrogens is 186 g/mol. The monoisotopic (exact) mass is 206 g/mol. The molecule has 0 radical (unpaired) electrons. The van der Waals surface area contributed by atoms with Crippen LogP contribution in [0.15, 0.2) is 30.3 Å². The first kappa shape index (κ1) is 10.7. The van der Waals surface area contributed by atoms with Gasteiger partial charge in [0.2, 0.25) is 0 Å². The molecule has 0 bridgehead atoms. The molecule has 0 saturated carbocycles. The Morgan fingerprint density at radius 3 is 2.40 bits per heavy atom. The lowest BCUT2D eigenvalue weighted by atomic mass is 9.91. The lowest BCUT2D eigenvalue weighted by Gasteiger charge is -2.42. The van der Waals surface area contributed by atoms with Crippen LogP contribution in [-0.2, 0) is 10.3 Å². The van der Waals surface area contributed by atoms with Crippen LogP contribution in [0.25, 0.3) is 0 Å². The van der Waals surface area contributed by atoms with Gasteiger partial charge < -0.3 is 9.22 Å². The van der Waals surface area contributed by atoms with Gasteiger partial charge in [-0.25, -0.2) is 0 Å². The van der Waals surface area contributed by atoms with Crippen LogP contribution in [0.2, 0.25) is 0 Å². The fraction of sp³-hybridized carbons (Fsp3) is 0.538. The Balaban J connectivity index is 2.17. The summed E-state index contributed by atoms with van der Waals surface area (Å²) in [5.41, 5.74) is 1.21. The van der Waals surface area contributed by atoms with E-state index in [9.17, 15) is 0 Å². The summed E-state index contributed by atoms with van der Waals surface area (Å²) in [6.45, 7) is 4.16. The third kappa shape index (κ3) is 2.21. The van der Waals surface area contributed by atoms with Crippen molar-refractivity contribution in [1.29, 1.82) is 0 Å². The fourth-order valence-corrected chi connectivity index (χ4v) is 1.99. The van der Waals surface area contributed by atoms with Gasteiger partial charge in [-0.15, -0.1) is 0 Å². The Labute approximate surface area is 92.1 Å². The van der Waals surface area contributed by atoms with Crippen LogP contribution < -0.4 is 0 Å². The van der Waals surface area contributed by atoms with Crippen molar-refractivity contribution in [3.8, 4) is 0 Å². The molecule has 1 aliphatic rings. The molecule has 1 atom stereocenters. The zero-order valence-electron chi connectivity index (χ0n) is 9.86. The summed E-state index contributed by atoms with van der Waals surface area (Å²) in [7, 11) is 4.43. The maximum absolute atomic E-state index is 6.04. The van der Waals surface area contributed by atoms with Crippen LogP contribution >= 0.6 is 0 Å². The van der Waals surface area contributed by atoms with Gasteiger partial charge in [-0.3, -0.25) is 0 Å². The molecule has 1 aromatic rings. The van der Waals surface area contributed by atoms with E-state index in [-0.39, 0.29) is 5.60 Å². The van der Waals surface area contributed by atoms with Gasteiger partial charge in [0, 0.05) is 6.42 Å². The Hall–Kier alpha value is -0.860. The molecule has 0 aliphatic carbocycles. The molecule has 1 aliphatic heterocycles. The number of quaternary nitrogens is 1. The summed E-state index contributed by atoms with van der Waals surface area (Å²) >= 11 is 0. The predicted molar refractivity (Wildman–Crippen MR) is 61.3 cm³/mol. The number of ether oxygens (including phenoxy) is 1. The van der Waals surface area contributed by atoms with Crippen LogP contribution in [0.5, 0.6) is 0 Å². The molecule has 2 nitrogen and oxygen atoms in total. The number of benzene rings is 1. The molecule has 0 aromatic heterocycles. The second-order valence-corrected chi connectivity index (χ2v) is 5.28. The average Bonchev–Trinajstić information content (AvgIpc) is 2.24. The molecular formula is C13H20NO+. The molecule has 1 saturated heterocycles. The molecule has 1 heterocycles. The SMILES string of the molecule is CC1(c2ccccc2)CC[N+](C)(C)CO1. The van der Waals surface area contributed by atoms with Gasteiger partial charge in [0.1, 0.15) is 5.60 Å². The fourth-order valence-electron chi connectivity index (χ4n) is 1.99. The summed E-state index contributed by atoms with van der Waals surface area (Å²) < 4.78 is 7.00. The zero-order chi connectivity index (χ0) is 10.9. The third-order valence-electron chi connectivity index (χ3n) is 3.31. The zero-order valence-corrected chi connectivity index (χ0v) is 9.86. The van der Waals surface area contributed by atoms with Crippen molar-refractivity contribution >= 4 is 0 Å². The Morgan fingerprint density at radius 2 is 1.87 bits per heavy atom. The van der Waals surface area contributed by atoms with E-state index in [1.165, 1.54) is 12.1 Å². The normalized spacial score (nSPS) is 30.1. The van der Waals surface area contributed by atoms with E-state index < -0.39 is 0 Å². The minimum atomic E-state index is -0.0883. The number of hydrogen-bond acceptors (Lipinski definition) is 1. The van der Waals surface area contributed by atoms with E-state index in [0.29, 0.717) is 0 Å². The molecule has 82 valence electrons. The molecule has 2 rings (SSSR count). The van der Waals surface area contributed by atoms with Crippen molar-refractivity contribution in [2.75, 3.05) is 27.4 Å². The molecule has 1 unspecified atom stereocenters. The van der Waals surface area contributed by atoms with Crippen molar-refractivity contribution in [3.63, 3.8) is 0 Å². The largest absolute Gasteiger partial charge is 0.320 e. The highest BCUT2D eigenvalue weighted by Gasteiger charge is 2.37. The Bertz CT molecular complexity index is 322. The van der Waals surface area contributed by atoms with Crippen molar-refractivity contribution in [3.05, 3.63) is 35.9 Å². The lowest BCUT2D eigenvalue weighted by molar-refractivity contribution is -0.922. The first-order valence-corrected chi connectivity index (χ1v) is 5.53. The second kappa shape index (κ2) is 3.62. The van der Waals surface area contributed by atoms with Gasteiger partial charge in [-0.05, 0) is 12.5 Å². The van der Waals surface area contributed by atoms with Crippen LogP contribution in [0.1, 0.15) is 18.9 Å². The van der Waals surface area contributed by atoms with Gasteiger partial charge in [-0.2, -0.15) is 0 Å². The van der Waals surface area contributed by atoms with E-state index in [1.54, 1.807) is 0 Å². The van der Waals surface area contributed by atoms with Crippen LogP contribution in [-0.4, -0.2) is 31.9 Å². The van der Waals surface area contributed by atoms with Gasteiger partial charge in [-0.1, -0.05) is 30.3 Å². The van der Waals surface area contributed by atoms with Gasteiger partial charge in [0.25, 0.3) is 0 Å². The van der Waals surface area contributed by atoms with Gasteiger partial charge in [0.05, 0.1) is 20.6 Å². The second-order valence-electron chi connectivity index (χ2n) is 5.28. The lowest BCUT2D eigenvalue weighted by Crippen LogP contribution is -2.51. The first-order valence-electron chi connectivity index (χ1n) is 5.53. The van der Waals surface area contributed by atoms with Crippen LogP contribution in [0.4, 0.5) is 0 Å². The van der Waals surface area contributed by atoms with Crippen LogP contribution in [0.3, 0.4) is 0 Å². The predicted octanol–water partition coefficient (Wildman–Crippen LogP) is 2.36. The molecule has 1 aromatic carbocycles. The number of rotatable bonds is 1. The van der Waals surface area contributed by atoms with E-state index in [0.717, 1.165) is 17.6 Å². The maximum atomic E-state index is 6.04. The Kier molecular flexibility index (Phi) is 2.57. The molecule has 0 amide bonds. The standard InChI is InChI=1S/C13H20NO/c1-13(12-7-5-4-6-8-12)9-10-14(2,3)11-15-13/h4-8H,9-11H2,1-3H3/q+1. The van der Waals surface area contributed by atoms with E-state index in [2.05, 4.69) is 51.4 Å². The van der Waals surface area contributed by atoms with Gasteiger partial charge >= 0.3 is 0 Å². The highest BCUT2D eigenvalue weighted by atomic mass is 16.5. The Morgan fingerprint density at radius 1 is 1.20 bits per heavy atom. The third-order valence-corrected chi connectivity index (χ3v) is 3.31. The van der Waals surface area contributed by atoms with E-state index in [4.69, 9.17) is 4.74 Å².